The minimum atomic E-state index is 0.00811. The summed E-state index contributed by atoms with van der Waals surface area (Å²) < 4.78 is 0. The molecule has 0 aliphatic carbocycles. The van der Waals surface area contributed by atoms with Gasteiger partial charge in [0.2, 0.25) is 0 Å². The summed E-state index contributed by atoms with van der Waals surface area (Å²) >= 11 is 0. The number of hydrogen-bond donors (Lipinski definition) is 1. The van der Waals surface area contributed by atoms with E-state index in [1.165, 1.54) is 0 Å². The lowest BCUT2D eigenvalue weighted by molar-refractivity contribution is 0.222. The minimum absolute atomic E-state index is 0.00811. The van der Waals surface area contributed by atoms with Gasteiger partial charge in [0.25, 0.3) is 0 Å². The van der Waals surface area contributed by atoms with E-state index in [4.69, 9.17) is 0 Å². The topological polar surface area (TPSA) is 32.3 Å². The van der Waals surface area contributed by atoms with Crippen molar-refractivity contribution in [3.05, 3.63) is 12.3 Å². The van der Waals surface area contributed by atoms with E-state index in [9.17, 15) is 4.79 Å². The zero-order valence-electron chi connectivity index (χ0n) is 8.47. The lowest BCUT2D eigenvalue weighted by Gasteiger charge is -2.15. The predicted molar refractivity (Wildman–Crippen MR) is 53.3 cm³/mol. The Hall–Kier alpha value is -0.990. The third kappa shape index (κ3) is 2.76. The van der Waals surface area contributed by atoms with Gasteiger partial charge in [-0.05, 0) is 18.8 Å². The predicted octanol–water partition coefficient (Wildman–Crippen LogP) is 1.96. The second kappa shape index (κ2) is 4.30. The number of amides is 2. The van der Waals surface area contributed by atoms with Crippen molar-refractivity contribution in [3.63, 3.8) is 0 Å². The SMILES string of the molecule is C=C1CNC(=O)N1CCCC(C)C. The van der Waals surface area contributed by atoms with Crippen molar-refractivity contribution in [1.82, 2.24) is 10.2 Å². The van der Waals surface area contributed by atoms with Gasteiger partial charge in [-0.15, -0.1) is 0 Å². The second-order valence-electron chi connectivity index (χ2n) is 3.91. The van der Waals surface area contributed by atoms with Crippen LogP contribution in [0.25, 0.3) is 0 Å². The van der Waals surface area contributed by atoms with Crippen LogP contribution in [0.3, 0.4) is 0 Å². The summed E-state index contributed by atoms with van der Waals surface area (Å²) in [6.45, 7) is 9.63. The van der Waals surface area contributed by atoms with E-state index in [0.29, 0.717) is 12.5 Å². The van der Waals surface area contributed by atoms with E-state index in [1.54, 1.807) is 4.90 Å². The molecule has 0 radical (unpaired) electrons. The lowest BCUT2D eigenvalue weighted by atomic mass is 10.1. The third-order valence-corrected chi connectivity index (χ3v) is 2.23. The molecule has 0 aromatic carbocycles. The van der Waals surface area contributed by atoms with Crippen LogP contribution in [-0.4, -0.2) is 24.0 Å². The average Bonchev–Trinajstić information content (AvgIpc) is 2.34. The minimum Gasteiger partial charge on any atom is -0.332 e. The van der Waals surface area contributed by atoms with Crippen molar-refractivity contribution in [2.45, 2.75) is 26.7 Å². The van der Waals surface area contributed by atoms with Gasteiger partial charge >= 0.3 is 6.03 Å². The molecule has 1 aliphatic rings. The molecule has 0 bridgehead atoms. The largest absolute Gasteiger partial charge is 0.332 e. The van der Waals surface area contributed by atoms with Crippen LogP contribution in [0, 0.1) is 5.92 Å². The van der Waals surface area contributed by atoms with Crippen LogP contribution >= 0.6 is 0 Å². The normalized spacial score (nSPS) is 17.0. The highest BCUT2D eigenvalue weighted by Crippen LogP contribution is 2.11. The first-order chi connectivity index (χ1) is 6.11. The molecule has 1 heterocycles. The number of nitrogens with zero attached hydrogens (tertiary/aromatic N) is 1. The van der Waals surface area contributed by atoms with Crippen LogP contribution in [-0.2, 0) is 0 Å². The Labute approximate surface area is 79.8 Å². The number of carbonyl (C=O) groups is 1. The smallest absolute Gasteiger partial charge is 0.321 e. The fraction of sp³-hybridized carbons (Fsp3) is 0.700. The Morgan fingerprint density at radius 3 is 2.77 bits per heavy atom. The molecule has 3 nitrogen and oxygen atoms in total. The Bertz CT molecular complexity index is 195. The quantitative estimate of drug-likeness (QED) is 0.708. The van der Waals surface area contributed by atoms with Crippen molar-refractivity contribution in [3.8, 4) is 0 Å². The standard InChI is InChI=1S/C10H18N2O/c1-8(2)5-4-6-12-9(3)7-11-10(12)13/h8H,3-7H2,1-2H3,(H,11,13). The van der Waals surface area contributed by atoms with E-state index in [-0.39, 0.29) is 6.03 Å². The molecule has 13 heavy (non-hydrogen) atoms. The molecule has 1 N–H and O–H groups in total. The van der Waals surface area contributed by atoms with Crippen molar-refractivity contribution in [2.24, 2.45) is 5.92 Å². The number of nitrogens with one attached hydrogen (secondary N) is 1. The van der Waals surface area contributed by atoms with E-state index < -0.39 is 0 Å². The maximum atomic E-state index is 11.2. The highest BCUT2D eigenvalue weighted by molar-refractivity contribution is 5.79. The second-order valence-corrected chi connectivity index (χ2v) is 3.91. The van der Waals surface area contributed by atoms with E-state index in [2.05, 4.69) is 25.7 Å². The van der Waals surface area contributed by atoms with Gasteiger partial charge in [-0.1, -0.05) is 20.4 Å². The molecule has 0 atom stereocenters. The van der Waals surface area contributed by atoms with E-state index in [1.807, 2.05) is 0 Å². The first-order valence-electron chi connectivity index (χ1n) is 4.84. The summed E-state index contributed by atoms with van der Waals surface area (Å²) in [5, 5.41) is 2.74. The van der Waals surface area contributed by atoms with Gasteiger partial charge in [0.15, 0.2) is 0 Å². The van der Waals surface area contributed by atoms with Gasteiger partial charge < -0.3 is 5.32 Å². The Morgan fingerprint density at radius 2 is 2.31 bits per heavy atom. The summed E-state index contributed by atoms with van der Waals surface area (Å²) in [6.07, 6.45) is 2.22. The average molecular weight is 182 g/mol. The molecule has 1 saturated heterocycles. The van der Waals surface area contributed by atoms with Crippen LogP contribution in [0.1, 0.15) is 26.7 Å². The molecule has 0 spiro atoms. The lowest BCUT2D eigenvalue weighted by Crippen LogP contribution is -2.28. The molecule has 0 aromatic rings. The molecule has 0 unspecified atom stereocenters. The number of rotatable bonds is 4. The zero-order valence-corrected chi connectivity index (χ0v) is 8.47. The first-order valence-corrected chi connectivity index (χ1v) is 4.84. The summed E-state index contributed by atoms with van der Waals surface area (Å²) in [6, 6.07) is 0.00811. The van der Waals surface area contributed by atoms with E-state index in [0.717, 1.165) is 25.1 Å². The van der Waals surface area contributed by atoms with Gasteiger partial charge in [-0.2, -0.15) is 0 Å². The number of carbonyl (C=O) groups excluding carboxylic acids is 1. The number of urea groups is 1. The Morgan fingerprint density at radius 1 is 1.62 bits per heavy atom. The van der Waals surface area contributed by atoms with Crippen LogP contribution in [0.2, 0.25) is 0 Å². The van der Waals surface area contributed by atoms with Crippen molar-refractivity contribution >= 4 is 6.03 Å². The van der Waals surface area contributed by atoms with Crippen molar-refractivity contribution in [2.75, 3.05) is 13.1 Å². The molecular formula is C10H18N2O. The summed E-state index contributed by atoms with van der Waals surface area (Å²) in [5.74, 6) is 0.707. The Balaban J connectivity index is 2.27. The van der Waals surface area contributed by atoms with Crippen molar-refractivity contribution < 1.29 is 4.79 Å². The highest BCUT2D eigenvalue weighted by Gasteiger charge is 2.22. The summed E-state index contributed by atoms with van der Waals surface area (Å²) in [4.78, 5) is 13.0. The molecule has 3 heteroatoms. The fourth-order valence-electron chi connectivity index (χ4n) is 1.43. The van der Waals surface area contributed by atoms with Crippen LogP contribution in [0.4, 0.5) is 4.79 Å². The maximum Gasteiger partial charge on any atom is 0.321 e. The fourth-order valence-corrected chi connectivity index (χ4v) is 1.43. The van der Waals surface area contributed by atoms with Crippen LogP contribution in [0.15, 0.2) is 12.3 Å². The maximum absolute atomic E-state index is 11.2. The van der Waals surface area contributed by atoms with Gasteiger partial charge in [0, 0.05) is 12.2 Å². The van der Waals surface area contributed by atoms with Gasteiger partial charge in [0.1, 0.15) is 0 Å². The summed E-state index contributed by atoms with van der Waals surface area (Å²) in [7, 11) is 0. The van der Waals surface area contributed by atoms with E-state index >= 15 is 0 Å². The number of hydrogen-bond acceptors (Lipinski definition) is 1. The highest BCUT2D eigenvalue weighted by atomic mass is 16.2. The molecule has 0 saturated carbocycles. The zero-order chi connectivity index (χ0) is 9.84. The van der Waals surface area contributed by atoms with Crippen LogP contribution in [0.5, 0.6) is 0 Å². The molecule has 74 valence electrons. The summed E-state index contributed by atoms with van der Waals surface area (Å²) in [5.41, 5.74) is 0.897. The molecule has 1 fully saturated rings. The van der Waals surface area contributed by atoms with Crippen molar-refractivity contribution in [1.29, 1.82) is 0 Å². The molecule has 2 amide bonds. The van der Waals surface area contributed by atoms with Gasteiger partial charge in [-0.3, -0.25) is 4.90 Å². The molecule has 1 aliphatic heterocycles. The molecular weight excluding hydrogens is 164 g/mol. The van der Waals surface area contributed by atoms with Gasteiger partial charge in [0.05, 0.1) is 6.54 Å². The first kappa shape index (κ1) is 10.1. The Kier molecular flexibility index (Phi) is 3.34. The van der Waals surface area contributed by atoms with Gasteiger partial charge in [-0.25, -0.2) is 4.79 Å². The molecule has 0 aromatic heterocycles. The monoisotopic (exact) mass is 182 g/mol. The van der Waals surface area contributed by atoms with Crippen LogP contribution < -0.4 is 5.32 Å². The third-order valence-electron chi connectivity index (χ3n) is 2.23. The molecule has 1 rings (SSSR count).